The van der Waals surface area contributed by atoms with Gasteiger partial charge in [-0.25, -0.2) is 0 Å². The van der Waals surface area contributed by atoms with Crippen molar-refractivity contribution >= 4 is 5.91 Å². The molecule has 0 aromatic heterocycles. The van der Waals surface area contributed by atoms with Crippen molar-refractivity contribution in [3.8, 4) is 5.75 Å². The number of benzene rings is 1. The van der Waals surface area contributed by atoms with Gasteiger partial charge in [-0.2, -0.15) is 0 Å². The number of hydrogen-bond donors (Lipinski definition) is 0. The molecule has 3 aliphatic heterocycles. The van der Waals surface area contributed by atoms with Crippen LogP contribution in [0.2, 0.25) is 0 Å². The minimum atomic E-state index is 0.104. The monoisotopic (exact) mass is 331 g/mol. The van der Waals surface area contributed by atoms with Crippen molar-refractivity contribution in [1.82, 2.24) is 4.90 Å². The van der Waals surface area contributed by atoms with Crippen molar-refractivity contribution in [1.29, 1.82) is 0 Å². The van der Waals surface area contributed by atoms with Gasteiger partial charge in [0.25, 0.3) is 0 Å². The molecule has 1 aromatic rings. The van der Waals surface area contributed by atoms with Crippen LogP contribution in [0.15, 0.2) is 24.3 Å². The van der Waals surface area contributed by atoms with Gasteiger partial charge < -0.3 is 19.1 Å². The van der Waals surface area contributed by atoms with E-state index in [1.807, 2.05) is 29.2 Å². The molecule has 3 atom stereocenters. The summed E-state index contributed by atoms with van der Waals surface area (Å²) in [6.45, 7) is 4.75. The molecular weight excluding hydrogens is 306 g/mol. The molecule has 24 heavy (non-hydrogen) atoms. The minimum absolute atomic E-state index is 0.104. The predicted molar refractivity (Wildman–Crippen MR) is 89.0 cm³/mol. The highest BCUT2D eigenvalue weighted by atomic mass is 16.5. The van der Waals surface area contributed by atoms with Crippen LogP contribution in [0.1, 0.15) is 18.4 Å². The molecule has 0 N–H and O–H groups in total. The maximum atomic E-state index is 12.8. The number of nitrogens with zero attached hydrogens (tertiary/aromatic N) is 1. The highest BCUT2D eigenvalue weighted by molar-refractivity contribution is 5.79. The SMILES string of the molecule is O=C(Cc1ccccc1OC1CCOC1)N1CCC2COCC2C1. The second-order valence-corrected chi connectivity index (χ2v) is 7.07. The molecular formula is C19H25NO4. The average molecular weight is 331 g/mol. The number of rotatable bonds is 4. The third-order valence-electron chi connectivity index (χ3n) is 5.40. The zero-order valence-electron chi connectivity index (χ0n) is 14.0. The van der Waals surface area contributed by atoms with Crippen LogP contribution < -0.4 is 4.74 Å². The molecule has 1 aromatic carbocycles. The summed E-state index contributed by atoms with van der Waals surface area (Å²) >= 11 is 0. The summed E-state index contributed by atoms with van der Waals surface area (Å²) in [6, 6.07) is 7.88. The second kappa shape index (κ2) is 7.11. The molecule has 0 aliphatic carbocycles. The molecule has 0 saturated carbocycles. The van der Waals surface area contributed by atoms with Crippen LogP contribution in [0.5, 0.6) is 5.75 Å². The van der Waals surface area contributed by atoms with Crippen molar-refractivity contribution in [2.75, 3.05) is 39.5 Å². The molecule has 3 saturated heterocycles. The molecule has 0 bridgehead atoms. The molecule has 0 radical (unpaired) electrons. The maximum Gasteiger partial charge on any atom is 0.227 e. The highest BCUT2D eigenvalue weighted by Gasteiger charge is 2.35. The minimum Gasteiger partial charge on any atom is -0.488 e. The maximum absolute atomic E-state index is 12.8. The lowest BCUT2D eigenvalue weighted by molar-refractivity contribution is -0.132. The summed E-state index contributed by atoms with van der Waals surface area (Å²) in [4.78, 5) is 14.8. The zero-order chi connectivity index (χ0) is 16.4. The molecule has 3 aliphatic rings. The number of carbonyl (C=O) groups is 1. The third-order valence-corrected chi connectivity index (χ3v) is 5.40. The van der Waals surface area contributed by atoms with Crippen LogP contribution in [0.25, 0.3) is 0 Å². The summed E-state index contributed by atoms with van der Waals surface area (Å²) < 4.78 is 17.0. The Hall–Kier alpha value is -1.59. The summed E-state index contributed by atoms with van der Waals surface area (Å²) in [7, 11) is 0. The quantitative estimate of drug-likeness (QED) is 0.845. The van der Waals surface area contributed by atoms with E-state index >= 15 is 0 Å². The van der Waals surface area contributed by atoms with Gasteiger partial charge in [0.05, 0.1) is 26.2 Å². The van der Waals surface area contributed by atoms with Crippen LogP contribution in [0.3, 0.4) is 0 Å². The first-order valence-electron chi connectivity index (χ1n) is 8.97. The summed E-state index contributed by atoms with van der Waals surface area (Å²) in [5.41, 5.74) is 0.971. The highest BCUT2D eigenvalue weighted by Crippen LogP contribution is 2.30. The van der Waals surface area contributed by atoms with E-state index in [0.29, 0.717) is 24.9 Å². The van der Waals surface area contributed by atoms with Gasteiger partial charge >= 0.3 is 0 Å². The predicted octanol–water partition coefficient (Wildman–Crippen LogP) is 1.89. The lowest BCUT2D eigenvalue weighted by Crippen LogP contribution is -2.44. The molecule has 130 valence electrons. The Labute approximate surface area is 142 Å². The number of para-hydroxylation sites is 1. The van der Waals surface area contributed by atoms with Gasteiger partial charge in [0.15, 0.2) is 0 Å². The van der Waals surface area contributed by atoms with Gasteiger partial charge in [0.1, 0.15) is 11.9 Å². The Morgan fingerprint density at radius 3 is 2.88 bits per heavy atom. The lowest BCUT2D eigenvalue weighted by Gasteiger charge is -2.34. The van der Waals surface area contributed by atoms with Gasteiger partial charge in [-0.15, -0.1) is 0 Å². The summed E-state index contributed by atoms with van der Waals surface area (Å²) in [5, 5.41) is 0. The molecule has 0 spiro atoms. The Balaban J connectivity index is 1.40. The fourth-order valence-corrected chi connectivity index (χ4v) is 3.91. The number of fused-ring (bicyclic) bond motifs is 1. The molecule has 3 heterocycles. The topological polar surface area (TPSA) is 48.0 Å². The zero-order valence-corrected chi connectivity index (χ0v) is 14.0. The number of ether oxygens (including phenoxy) is 3. The Morgan fingerprint density at radius 2 is 2.00 bits per heavy atom. The van der Waals surface area contributed by atoms with E-state index in [9.17, 15) is 4.79 Å². The lowest BCUT2D eigenvalue weighted by atomic mass is 9.88. The van der Waals surface area contributed by atoms with Gasteiger partial charge in [-0.05, 0) is 18.4 Å². The van der Waals surface area contributed by atoms with Crippen molar-refractivity contribution < 1.29 is 19.0 Å². The van der Waals surface area contributed by atoms with Gasteiger partial charge in [-0.3, -0.25) is 4.79 Å². The van der Waals surface area contributed by atoms with Gasteiger partial charge in [0.2, 0.25) is 5.91 Å². The van der Waals surface area contributed by atoms with Crippen LogP contribution in [-0.2, 0) is 20.7 Å². The van der Waals surface area contributed by atoms with Crippen LogP contribution in [0, 0.1) is 11.8 Å². The number of hydrogen-bond acceptors (Lipinski definition) is 4. The first-order chi connectivity index (χ1) is 11.8. The standard InChI is InChI=1S/C19H25NO4/c21-19(20-7-5-15-11-23-12-16(15)10-20)9-14-3-1-2-4-18(14)24-17-6-8-22-13-17/h1-4,15-17H,5-13H2. The van der Waals surface area contributed by atoms with Crippen molar-refractivity contribution in [2.45, 2.75) is 25.4 Å². The summed E-state index contributed by atoms with van der Waals surface area (Å²) in [6.07, 6.45) is 2.49. The third kappa shape index (κ3) is 3.42. The molecule has 1 amide bonds. The first-order valence-corrected chi connectivity index (χ1v) is 8.97. The van der Waals surface area contributed by atoms with E-state index in [1.165, 1.54) is 0 Å². The molecule has 5 nitrogen and oxygen atoms in total. The number of piperidine rings is 1. The number of carbonyl (C=O) groups excluding carboxylic acids is 1. The van der Waals surface area contributed by atoms with Crippen LogP contribution >= 0.6 is 0 Å². The van der Waals surface area contributed by atoms with E-state index in [2.05, 4.69) is 0 Å². The fraction of sp³-hybridized carbons (Fsp3) is 0.632. The molecule has 3 unspecified atom stereocenters. The van der Waals surface area contributed by atoms with Crippen molar-refractivity contribution in [3.05, 3.63) is 29.8 Å². The normalized spacial score (nSPS) is 29.5. The Kier molecular flexibility index (Phi) is 4.72. The Morgan fingerprint density at radius 1 is 1.12 bits per heavy atom. The Bertz CT molecular complexity index is 584. The van der Waals surface area contributed by atoms with Crippen molar-refractivity contribution in [2.24, 2.45) is 11.8 Å². The van der Waals surface area contributed by atoms with E-state index < -0.39 is 0 Å². The van der Waals surface area contributed by atoms with Crippen LogP contribution in [0.4, 0.5) is 0 Å². The van der Waals surface area contributed by atoms with Crippen LogP contribution in [-0.4, -0.2) is 56.4 Å². The second-order valence-electron chi connectivity index (χ2n) is 7.07. The smallest absolute Gasteiger partial charge is 0.227 e. The molecule has 5 heteroatoms. The van der Waals surface area contributed by atoms with E-state index in [1.54, 1.807) is 0 Å². The van der Waals surface area contributed by atoms with Gasteiger partial charge in [0, 0.05) is 37.6 Å². The summed E-state index contributed by atoms with van der Waals surface area (Å²) in [5.74, 6) is 2.18. The van der Waals surface area contributed by atoms with Gasteiger partial charge in [-0.1, -0.05) is 18.2 Å². The van der Waals surface area contributed by atoms with E-state index in [4.69, 9.17) is 14.2 Å². The van der Waals surface area contributed by atoms with Crippen molar-refractivity contribution in [3.63, 3.8) is 0 Å². The number of amides is 1. The average Bonchev–Trinajstić information content (AvgIpc) is 3.27. The van der Waals surface area contributed by atoms with E-state index in [-0.39, 0.29) is 12.0 Å². The first kappa shape index (κ1) is 15.9. The van der Waals surface area contributed by atoms with E-state index in [0.717, 1.165) is 57.1 Å². The molecule has 4 rings (SSSR count). The molecule has 3 fully saturated rings. The number of likely N-dealkylation sites (tertiary alicyclic amines) is 1. The largest absolute Gasteiger partial charge is 0.488 e. The fourth-order valence-electron chi connectivity index (χ4n) is 3.91.